The van der Waals surface area contributed by atoms with Crippen molar-refractivity contribution in [2.24, 2.45) is 28.7 Å². The van der Waals surface area contributed by atoms with Gasteiger partial charge >= 0.3 is 0 Å². The molecule has 2 aliphatic heterocycles. The van der Waals surface area contributed by atoms with E-state index in [1.807, 2.05) is 6.92 Å². The van der Waals surface area contributed by atoms with Crippen LogP contribution in [-0.4, -0.2) is 73.4 Å². The summed E-state index contributed by atoms with van der Waals surface area (Å²) in [5.41, 5.74) is 0. The molecule has 4 aliphatic rings. The van der Waals surface area contributed by atoms with E-state index in [4.69, 9.17) is 0 Å². The first-order chi connectivity index (χ1) is 13.7. The van der Waals surface area contributed by atoms with Gasteiger partial charge in [0.2, 0.25) is 11.8 Å². The van der Waals surface area contributed by atoms with Crippen LogP contribution in [0.3, 0.4) is 0 Å². The first kappa shape index (κ1) is 19.4. The molecule has 2 heterocycles. The molecule has 1 saturated carbocycles. The number of fused-ring (bicyclic) bond motifs is 5. The number of guanidine groups is 1. The summed E-state index contributed by atoms with van der Waals surface area (Å²) in [7, 11) is 0. The molecule has 2 aliphatic carbocycles. The number of rotatable bonds is 7. The highest BCUT2D eigenvalue weighted by molar-refractivity contribution is 6.06. The Morgan fingerprint density at radius 3 is 2.36 bits per heavy atom. The summed E-state index contributed by atoms with van der Waals surface area (Å²) in [5, 5.41) is 6.54. The highest BCUT2D eigenvalue weighted by Gasteiger charge is 2.58. The summed E-state index contributed by atoms with van der Waals surface area (Å²) >= 11 is 0. The van der Waals surface area contributed by atoms with Crippen molar-refractivity contribution in [1.82, 2.24) is 20.4 Å². The van der Waals surface area contributed by atoms with Gasteiger partial charge in [0.1, 0.15) is 0 Å². The molecule has 4 rings (SSSR count). The van der Waals surface area contributed by atoms with E-state index in [0.717, 1.165) is 32.0 Å². The van der Waals surface area contributed by atoms with Gasteiger partial charge in [-0.05, 0) is 51.1 Å². The van der Waals surface area contributed by atoms with Gasteiger partial charge in [0.15, 0.2) is 5.96 Å². The van der Waals surface area contributed by atoms with Gasteiger partial charge in [-0.1, -0.05) is 18.6 Å². The van der Waals surface area contributed by atoms with Gasteiger partial charge in [-0.3, -0.25) is 19.5 Å². The van der Waals surface area contributed by atoms with Crippen LogP contribution in [0.2, 0.25) is 0 Å². The summed E-state index contributed by atoms with van der Waals surface area (Å²) in [6.07, 6.45) is 9.18. The van der Waals surface area contributed by atoms with Gasteiger partial charge in [0, 0.05) is 26.2 Å². The zero-order valence-electron chi connectivity index (χ0n) is 16.9. The second kappa shape index (κ2) is 8.64. The van der Waals surface area contributed by atoms with Gasteiger partial charge in [-0.2, -0.15) is 0 Å². The Labute approximate surface area is 167 Å². The van der Waals surface area contributed by atoms with Crippen molar-refractivity contribution < 1.29 is 9.59 Å². The van der Waals surface area contributed by atoms with Gasteiger partial charge in [0.05, 0.1) is 18.4 Å². The topological polar surface area (TPSA) is 77.0 Å². The second-order valence-corrected chi connectivity index (χ2v) is 8.42. The maximum Gasteiger partial charge on any atom is 0.233 e. The fraction of sp³-hybridized carbons (Fsp3) is 0.762. The number of hydrogen-bond acceptors (Lipinski definition) is 4. The fourth-order valence-electron chi connectivity index (χ4n) is 5.30. The molecule has 28 heavy (non-hydrogen) atoms. The molecule has 2 bridgehead atoms. The first-order valence-corrected chi connectivity index (χ1v) is 11.0. The molecule has 7 heteroatoms. The minimum absolute atomic E-state index is 0.0284. The molecule has 0 radical (unpaired) electrons. The average Bonchev–Trinajstić information content (AvgIpc) is 3.38. The summed E-state index contributed by atoms with van der Waals surface area (Å²) in [5.74, 6) is 1.17. The number of amides is 2. The van der Waals surface area contributed by atoms with E-state index in [2.05, 4.69) is 32.7 Å². The predicted molar refractivity (Wildman–Crippen MR) is 109 cm³/mol. The molecule has 4 atom stereocenters. The zero-order valence-corrected chi connectivity index (χ0v) is 16.9. The Bertz CT molecular complexity index is 625. The van der Waals surface area contributed by atoms with E-state index < -0.39 is 0 Å². The Morgan fingerprint density at radius 1 is 1.04 bits per heavy atom. The Kier molecular flexibility index (Phi) is 5.99. The number of carbonyl (C=O) groups is 2. The van der Waals surface area contributed by atoms with Gasteiger partial charge in [-0.15, -0.1) is 0 Å². The van der Waals surface area contributed by atoms with Crippen LogP contribution in [0.5, 0.6) is 0 Å². The van der Waals surface area contributed by atoms with Crippen molar-refractivity contribution in [3.8, 4) is 0 Å². The Balaban J connectivity index is 1.25. The molecule has 2 N–H and O–H groups in total. The molecule has 154 valence electrons. The summed E-state index contributed by atoms with van der Waals surface area (Å²) < 4.78 is 0. The van der Waals surface area contributed by atoms with Crippen LogP contribution >= 0.6 is 0 Å². The maximum absolute atomic E-state index is 12.7. The Hall–Kier alpha value is -1.89. The molecule has 4 unspecified atom stereocenters. The third-order valence-corrected chi connectivity index (χ3v) is 6.67. The van der Waals surface area contributed by atoms with Crippen LogP contribution < -0.4 is 10.6 Å². The van der Waals surface area contributed by atoms with Gasteiger partial charge in [-0.25, -0.2) is 0 Å². The third-order valence-electron chi connectivity index (χ3n) is 6.67. The molecule has 7 nitrogen and oxygen atoms in total. The number of nitrogens with one attached hydrogen (secondary N) is 2. The SMILES string of the molecule is CCNC(=NCCN1CCCCC1)NCCN1C(=O)C2C3C=CC(C3)C2C1=O. The van der Waals surface area contributed by atoms with Crippen LogP contribution in [0.4, 0.5) is 0 Å². The average molecular weight is 388 g/mol. The fourth-order valence-corrected chi connectivity index (χ4v) is 5.30. The molecule has 2 amide bonds. The van der Waals surface area contributed by atoms with Gasteiger partial charge in [0.25, 0.3) is 0 Å². The second-order valence-electron chi connectivity index (χ2n) is 8.42. The van der Waals surface area contributed by atoms with E-state index in [9.17, 15) is 9.59 Å². The van der Waals surface area contributed by atoms with Crippen LogP contribution in [0.1, 0.15) is 32.6 Å². The molecule has 0 aromatic rings. The highest BCUT2D eigenvalue weighted by atomic mass is 16.2. The van der Waals surface area contributed by atoms with Crippen LogP contribution in [0.25, 0.3) is 0 Å². The minimum Gasteiger partial charge on any atom is -0.357 e. The number of imide groups is 1. The lowest BCUT2D eigenvalue weighted by Gasteiger charge is -2.25. The smallest absolute Gasteiger partial charge is 0.233 e. The lowest BCUT2D eigenvalue weighted by Crippen LogP contribution is -2.44. The van der Waals surface area contributed by atoms with Crippen molar-refractivity contribution >= 4 is 17.8 Å². The lowest BCUT2D eigenvalue weighted by atomic mass is 9.85. The summed E-state index contributed by atoms with van der Waals surface area (Å²) in [4.78, 5) is 34.1. The van der Waals surface area contributed by atoms with Crippen molar-refractivity contribution in [2.45, 2.75) is 32.6 Å². The monoisotopic (exact) mass is 387 g/mol. The third kappa shape index (κ3) is 3.81. The number of aliphatic imine (C=N–C) groups is 1. The number of nitrogens with zero attached hydrogens (tertiary/aromatic N) is 3. The van der Waals surface area contributed by atoms with E-state index in [1.54, 1.807) is 0 Å². The van der Waals surface area contributed by atoms with Crippen molar-refractivity contribution in [3.63, 3.8) is 0 Å². The highest BCUT2D eigenvalue weighted by Crippen LogP contribution is 2.52. The minimum atomic E-state index is -0.103. The molecule has 0 spiro atoms. The standard InChI is InChI=1S/C21H33N5O2/c1-2-22-21(23-8-12-25-10-4-3-5-11-25)24-9-13-26-19(27)17-15-6-7-16(14-15)18(17)20(26)28/h6-7,15-18H,2-5,8-14H2,1H3,(H2,22,23,24). The van der Waals surface area contributed by atoms with Crippen molar-refractivity contribution in [2.75, 3.05) is 45.8 Å². The number of piperidine rings is 1. The number of hydrogen-bond donors (Lipinski definition) is 2. The largest absolute Gasteiger partial charge is 0.357 e. The van der Waals surface area contributed by atoms with E-state index in [1.165, 1.54) is 37.3 Å². The molecular formula is C21H33N5O2. The van der Waals surface area contributed by atoms with E-state index in [0.29, 0.717) is 13.1 Å². The Morgan fingerprint density at radius 2 is 1.71 bits per heavy atom. The molecule has 0 aromatic heterocycles. The molecular weight excluding hydrogens is 354 g/mol. The lowest BCUT2D eigenvalue weighted by molar-refractivity contribution is -0.140. The predicted octanol–water partition coefficient (Wildman–Crippen LogP) is 0.835. The quantitative estimate of drug-likeness (QED) is 0.293. The maximum atomic E-state index is 12.7. The normalized spacial score (nSPS) is 32.3. The number of carbonyl (C=O) groups excluding carboxylic acids is 2. The van der Waals surface area contributed by atoms with E-state index in [-0.39, 0.29) is 35.5 Å². The molecule has 0 aromatic carbocycles. The summed E-state index contributed by atoms with van der Waals surface area (Å²) in [6, 6.07) is 0. The molecule has 3 fully saturated rings. The van der Waals surface area contributed by atoms with Crippen LogP contribution in [0.15, 0.2) is 17.1 Å². The summed E-state index contributed by atoms with van der Waals surface area (Å²) in [6.45, 7) is 7.89. The molecule has 2 saturated heterocycles. The van der Waals surface area contributed by atoms with Gasteiger partial charge < -0.3 is 15.5 Å². The number of likely N-dealkylation sites (tertiary alicyclic amines) is 2. The van der Waals surface area contributed by atoms with Crippen molar-refractivity contribution in [3.05, 3.63) is 12.2 Å². The van der Waals surface area contributed by atoms with Crippen LogP contribution in [0, 0.1) is 23.7 Å². The van der Waals surface area contributed by atoms with Crippen molar-refractivity contribution in [1.29, 1.82) is 0 Å². The van der Waals surface area contributed by atoms with Crippen LogP contribution in [-0.2, 0) is 9.59 Å². The zero-order chi connectivity index (χ0) is 19.5. The first-order valence-electron chi connectivity index (χ1n) is 11.0. The number of allylic oxidation sites excluding steroid dienone is 2. The van der Waals surface area contributed by atoms with E-state index >= 15 is 0 Å².